The number of hydrogen-bond acceptors (Lipinski definition) is 4. The standard InChI is InChI=1S/C11H10ClN3O3/c12-6-1-3-7(4-2-6)15-9(13)8(5-16)10(17)14-11(15)18/h1-5,8-9H,13H2,(H,14,17,18). The van der Waals surface area contributed by atoms with Crippen LogP contribution in [0.4, 0.5) is 10.5 Å². The predicted molar refractivity (Wildman–Crippen MR) is 65.0 cm³/mol. The average molecular weight is 268 g/mol. The van der Waals surface area contributed by atoms with Crippen molar-refractivity contribution in [2.24, 2.45) is 11.7 Å². The minimum atomic E-state index is -1.08. The first-order valence-electron chi connectivity index (χ1n) is 5.15. The van der Waals surface area contributed by atoms with Crippen molar-refractivity contribution in [3.63, 3.8) is 0 Å². The van der Waals surface area contributed by atoms with Crippen molar-refractivity contribution in [2.75, 3.05) is 4.90 Å². The van der Waals surface area contributed by atoms with E-state index in [1.54, 1.807) is 24.3 Å². The summed E-state index contributed by atoms with van der Waals surface area (Å²) in [5.41, 5.74) is 6.23. The maximum atomic E-state index is 11.7. The molecule has 0 aliphatic carbocycles. The van der Waals surface area contributed by atoms with Gasteiger partial charge < -0.3 is 10.5 Å². The Kier molecular flexibility index (Phi) is 3.31. The molecule has 0 spiro atoms. The number of benzene rings is 1. The number of nitrogens with two attached hydrogens (primary N) is 1. The Bertz CT molecular complexity index is 503. The van der Waals surface area contributed by atoms with Gasteiger partial charge in [0.1, 0.15) is 18.4 Å². The maximum absolute atomic E-state index is 11.7. The summed E-state index contributed by atoms with van der Waals surface area (Å²) in [7, 11) is 0. The number of amides is 3. The quantitative estimate of drug-likeness (QED) is 0.603. The van der Waals surface area contributed by atoms with Gasteiger partial charge in [0.25, 0.3) is 0 Å². The number of nitrogens with one attached hydrogen (secondary N) is 1. The monoisotopic (exact) mass is 267 g/mol. The summed E-state index contributed by atoms with van der Waals surface area (Å²) in [6, 6.07) is 5.68. The van der Waals surface area contributed by atoms with Gasteiger partial charge >= 0.3 is 6.03 Å². The molecule has 6 nitrogen and oxygen atoms in total. The second-order valence-corrected chi connectivity index (χ2v) is 4.23. The minimum absolute atomic E-state index is 0.426. The summed E-state index contributed by atoms with van der Waals surface area (Å²) in [4.78, 5) is 35.1. The molecule has 1 heterocycles. The van der Waals surface area contributed by atoms with Gasteiger partial charge in [-0.25, -0.2) is 4.79 Å². The van der Waals surface area contributed by atoms with Crippen LogP contribution in [0.25, 0.3) is 0 Å². The summed E-state index contributed by atoms with van der Waals surface area (Å²) in [6.07, 6.45) is -0.597. The Labute approximate surface area is 108 Å². The molecular weight excluding hydrogens is 258 g/mol. The van der Waals surface area contributed by atoms with Crippen molar-refractivity contribution < 1.29 is 14.4 Å². The van der Waals surface area contributed by atoms with Crippen LogP contribution >= 0.6 is 11.6 Å². The fourth-order valence-electron chi connectivity index (χ4n) is 1.73. The fraction of sp³-hybridized carbons (Fsp3) is 0.182. The molecule has 2 unspecified atom stereocenters. The smallest absolute Gasteiger partial charge is 0.310 e. The first kappa shape index (κ1) is 12.5. The molecular formula is C11H10ClN3O3. The van der Waals surface area contributed by atoms with Crippen molar-refractivity contribution in [1.82, 2.24) is 5.32 Å². The Morgan fingerprint density at radius 2 is 1.89 bits per heavy atom. The van der Waals surface area contributed by atoms with E-state index in [9.17, 15) is 14.4 Å². The first-order chi connectivity index (χ1) is 8.54. The lowest BCUT2D eigenvalue weighted by molar-refractivity contribution is -0.129. The summed E-state index contributed by atoms with van der Waals surface area (Å²) >= 11 is 5.74. The van der Waals surface area contributed by atoms with Crippen LogP contribution in [0.2, 0.25) is 5.02 Å². The SMILES string of the molecule is NC1C(C=O)C(=O)NC(=O)N1c1ccc(Cl)cc1. The molecule has 2 atom stereocenters. The summed E-state index contributed by atoms with van der Waals surface area (Å²) in [6.45, 7) is 0. The van der Waals surface area contributed by atoms with E-state index in [2.05, 4.69) is 5.32 Å². The van der Waals surface area contributed by atoms with Gasteiger partial charge in [0, 0.05) is 10.7 Å². The Hall–Kier alpha value is -1.92. The third-order valence-corrected chi connectivity index (χ3v) is 2.92. The van der Waals surface area contributed by atoms with Crippen LogP contribution in [0.3, 0.4) is 0 Å². The molecule has 1 saturated heterocycles. The number of carbonyl (C=O) groups is 3. The van der Waals surface area contributed by atoms with Crippen molar-refractivity contribution in [3.8, 4) is 0 Å². The third-order valence-electron chi connectivity index (χ3n) is 2.67. The lowest BCUT2D eigenvalue weighted by atomic mass is 10.0. The molecule has 0 bridgehead atoms. The zero-order valence-corrected chi connectivity index (χ0v) is 9.92. The van der Waals surface area contributed by atoms with E-state index < -0.39 is 24.0 Å². The van der Waals surface area contributed by atoms with E-state index in [1.165, 1.54) is 0 Å². The minimum Gasteiger partial charge on any atom is -0.310 e. The van der Waals surface area contributed by atoms with Gasteiger partial charge in [-0.15, -0.1) is 0 Å². The molecule has 7 heteroatoms. The van der Waals surface area contributed by atoms with Gasteiger partial charge in [-0.1, -0.05) is 11.6 Å². The van der Waals surface area contributed by atoms with Gasteiger partial charge in [-0.2, -0.15) is 0 Å². The highest BCUT2D eigenvalue weighted by molar-refractivity contribution is 6.30. The molecule has 0 radical (unpaired) electrons. The number of rotatable bonds is 2. The largest absolute Gasteiger partial charge is 0.329 e. The number of imide groups is 1. The maximum Gasteiger partial charge on any atom is 0.329 e. The molecule has 1 aromatic rings. The molecule has 1 aliphatic heterocycles. The Balaban J connectivity index is 2.36. The molecule has 0 aromatic heterocycles. The molecule has 1 aliphatic rings. The van der Waals surface area contributed by atoms with Crippen LogP contribution in [0.15, 0.2) is 24.3 Å². The van der Waals surface area contributed by atoms with E-state index in [0.717, 1.165) is 4.90 Å². The molecule has 3 N–H and O–H groups in total. The number of hydrogen-bond donors (Lipinski definition) is 2. The third kappa shape index (κ3) is 2.07. The molecule has 1 fully saturated rings. The van der Waals surface area contributed by atoms with E-state index >= 15 is 0 Å². The number of anilines is 1. The molecule has 3 amide bonds. The van der Waals surface area contributed by atoms with Crippen molar-refractivity contribution in [3.05, 3.63) is 29.3 Å². The highest BCUT2D eigenvalue weighted by atomic mass is 35.5. The van der Waals surface area contributed by atoms with Crippen molar-refractivity contribution >= 4 is 35.5 Å². The van der Waals surface area contributed by atoms with Crippen molar-refractivity contribution in [1.29, 1.82) is 0 Å². The Morgan fingerprint density at radius 1 is 1.28 bits per heavy atom. The van der Waals surface area contributed by atoms with Crippen LogP contribution in [-0.2, 0) is 9.59 Å². The number of nitrogens with zero attached hydrogens (tertiary/aromatic N) is 1. The van der Waals surface area contributed by atoms with Crippen LogP contribution in [0.1, 0.15) is 0 Å². The lowest BCUT2D eigenvalue weighted by Crippen LogP contribution is -2.64. The fourth-order valence-corrected chi connectivity index (χ4v) is 1.86. The first-order valence-corrected chi connectivity index (χ1v) is 5.53. The highest BCUT2D eigenvalue weighted by Gasteiger charge is 2.39. The van der Waals surface area contributed by atoms with E-state index in [-0.39, 0.29) is 0 Å². The number of halogens is 1. The van der Waals surface area contributed by atoms with E-state index in [0.29, 0.717) is 17.0 Å². The lowest BCUT2D eigenvalue weighted by Gasteiger charge is -2.35. The number of carbonyl (C=O) groups excluding carboxylic acids is 3. The molecule has 18 heavy (non-hydrogen) atoms. The molecule has 94 valence electrons. The zero-order chi connectivity index (χ0) is 13.3. The Morgan fingerprint density at radius 3 is 2.44 bits per heavy atom. The summed E-state index contributed by atoms with van der Waals surface area (Å²) in [5.74, 6) is -1.77. The zero-order valence-electron chi connectivity index (χ0n) is 9.17. The van der Waals surface area contributed by atoms with E-state index in [4.69, 9.17) is 17.3 Å². The predicted octanol–water partition coefficient (Wildman–Crippen LogP) is 0.496. The van der Waals surface area contributed by atoms with Gasteiger partial charge in [-0.3, -0.25) is 15.0 Å². The van der Waals surface area contributed by atoms with Crippen molar-refractivity contribution in [2.45, 2.75) is 6.17 Å². The van der Waals surface area contributed by atoms with Crippen LogP contribution in [-0.4, -0.2) is 24.4 Å². The second-order valence-electron chi connectivity index (χ2n) is 3.79. The van der Waals surface area contributed by atoms with E-state index in [1.807, 2.05) is 0 Å². The number of aldehydes is 1. The van der Waals surface area contributed by atoms with Crippen LogP contribution in [0.5, 0.6) is 0 Å². The molecule has 2 rings (SSSR count). The van der Waals surface area contributed by atoms with Gasteiger partial charge in [0.05, 0.1) is 0 Å². The topological polar surface area (TPSA) is 92.5 Å². The molecule has 1 aromatic carbocycles. The highest BCUT2D eigenvalue weighted by Crippen LogP contribution is 2.23. The molecule has 0 saturated carbocycles. The second kappa shape index (κ2) is 4.75. The number of urea groups is 1. The van der Waals surface area contributed by atoms with Gasteiger partial charge in [-0.05, 0) is 24.3 Å². The summed E-state index contributed by atoms with van der Waals surface area (Å²) in [5, 5.41) is 2.58. The normalized spacial score (nSPS) is 23.8. The summed E-state index contributed by atoms with van der Waals surface area (Å²) < 4.78 is 0. The van der Waals surface area contributed by atoms with Gasteiger partial charge in [0.15, 0.2) is 0 Å². The van der Waals surface area contributed by atoms with Gasteiger partial charge in [0.2, 0.25) is 5.91 Å². The van der Waals surface area contributed by atoms with Crippen LogP contribution < -0.4 is 16.0 Å². The average Bonchev–Trinajstić information content (AvgIpc) is 2.31. The van der Waals surface area contributed by atoms with Crippen LogP contribution in [0, 0.1) is 5.92 Å².